The van der Waals surface area contributed by atoms with Crippen molar-refractivity contribution in [3.63, 3.8) is 0 Å². The van der Waals surface area contributed by atoms with E-state index in [1.807, 2.05) is 6.92 Å². The summed E-state index contributed by atoms with van der Waals surface area (Å²) in [5.74, 6) is -0.695. The maximum Gasteiger partial charge on any atom is 0.303 e. The third-order valence-corrected chi connectivity index (χ3v) is 2.48. The van der Waals surface area contributed by atoms with Crippen molar-refractivity contribution in [1.82, 2.24) is 10.5 Å². The van der Waals surface area contributed by atoms with Crippen molar-refractivity contribution in [2.45, 2.75) is 38.8 Å². The van der Waals surface area contributed by atoms with Gasteiger partial charge >= 0.3 is 5.97 Å². The topological polar surface area (TPSA) is 102 Å². The first-order chi connectivity index (χ1) is 9.02. The van der Waals surface area contributed by atoms with E-state index in [1.54, 1.807) is 0 Å². The van der Waals surface area contributed by atoms with Gasteiger partial charge in [0.05, 0.1) is 0 Å². The SMILES string of the molecule is COCc1cc(C(=O)NC(C)CCCC(=O)O)no1. The average Bonchev–Trinajstić information content (AvgIpc) is 2.77. The van der Waals surface area contributed by atoms with Crippen molar-refractivity contribution in [1.29, 1.82) is 0 Å². The van der Waals surface area contributed by atoms with Crippen LogP contribution in [0, 0.1) is 0 Å². The van der Waals surface area contributed by atoms with Gasteiger partial charge in [-0.25, -0.2) is 0 Å². The third kappa shape index (κ3) is 5.52. The number of methoxy groups -OCH3 is 1. The zero-order chi connectivity index (χ0) is 14.3. The number of rotatable bonds is 8. The summed E-state index contributed by atoms with van der Waals surface area (Å²) in [5, 5.41) is 14.9. The molecule has 0 aliphatic rings. The number of hydrogen-bond acceptors (Lipinski definition) is 5. The summed E-state index contributed by atoms with van der Waals surface area (Å²) >= 11 is 0. The standard InChI is InChI=1S/C12H18N2O5/c1-8(4-3-5-11(15)16)13-12(17)10-6-9(7-18-2)19-14-10/h6,8H,3-5,7H2,1-2H3,(H,13,17)(H,15,16). The highest BCUT2D eigenvalue weighted by molar-refractivity contribution is 5.92. The van der Waals surface area contributed by atoms with E-state index in [1.165, 1.54) is 13.2 Å². The molecule has 1 amide bonds. The van der Waals surface area contributed by atoms with Crippen LogP contribution in [0.25, 0.3) is 0 Å². The summed E-state index contributed by atoms with van der Waals surface area (Å²) in [7, 11) is 1.52. The molecule has 0 aromatic carbocycles. The zero-order valence-electron chi connectivity index (χ0n) is 11.0. The van der Waals surface area contributed by atoms with Crippen LogP contribution in [0.4, 0.5) is 0 Å². The van der Waals surface area contributed by atoms with Gasteiger partial charge in [-0.05, 0) is 19.8 Å². The first-order valence-corrected chi connectivity index (χ1v) is 6.00. The van der Waals surface area contributed by atoms with E-state index in [0.29, 0.717) is 18.6 Å². The lowest BCUT2D eigenvalue weighted by molar-refractivity contribution is -0.137. The van der Waals surface area contributed by atoms with Crippen molar-refractivity contribution < 1.29 is 24.0 Å². The second-order valence-electron chi connectivity index (χ2n) is 4.27. The minimum atomic E-state index is -0.834. The van der Waals surface area contributed by atoms with Crippen LogP contribution >= 0.6 is 0 Å². The fourth-order valence-corrected chi connectivity index (χ4v) is 1.56. The van der Waals surface area contributed by atoms with Crippen molar-refractivity contribution in [2.75, 3.05) is 7.11 Å². The highest BCUT2D eigenvalue weighted by Gasteiger charge is 2.14. The van der Waals surface area contributed by atoms with Gasteiger partial charge in [-0.1, -0.05) is 5.16 Å². The molecular weight excluding hydrogens is 252 g/mol. The van der Waals surface area contributed by atoms with Crippen molar-refractivity contribution in [3.8, 4) is 0 Å². The van der Waals surface area contributed by atoms with E-state index in [9.17, 15) is 9.59 Å². The first kappa shape index (κ1) is 15.2. The molecule has 1 aromatic rings. The van der Waals surface area contributed by atoms with E-state index in [-0.39, 0.29) is 30.7 Å². The normalized spacial score (nSPS) is 12.1. The van der Waals surface area contributed by atoms with E-state index in [0.717, 1.165) is 0 Å². The first-order valence-electron chi connectivity index (χ1n) is 6.00. The predicted octanol–water partition coefficient (Wildman–Crippen LogP) is 1.19. The predicted molar refractivity (Wildman–Crippen MR) is 65.6 cm³/mol. The van der Waals surface area contributed by atoms with Gasteiger partial charge in [0.2, 0.25) is 0 Å². The highest BCUT2D eigenvalue weighted by atomic mass is 16.5. The molecule has 0 bridgehead atoms. The molecule has 7 nitrogen and oxygen atoms in total. The van der Waals surface area contributed by atoms with Crippen LogP contribution in [0.1, 0.15) is 42.4 Å². The van der Waals surface area contributed by atoms with E-state index < -0.39 is 5.97 Å². The van der Waals surface area contributed by atoms with Gasteiger partial charge in [0.1, 0.15) is 6.61 Å². The quantitative estimate of drug-likeness (QED) is 0.735. The number of aliphatic carboxylic acids is 1. The van der Waals surface area contributed by atoms with E-state index in [2.05, 4.69) is 10.5 Å². The molecule has 0 aliphatic carbocycles. The van der Waals surface area contributed by atoms with Crippen LogP contribution in [0.2, 0.25) is 0 Å². The molecule has 7 heteroatoms. The molecule has 1 aromatic heterocycles. The number of carboxylic acid groups (broad SMARTS) is 1. The molecule has 106 valence electrons. The lowest BCUT2D eigenvalue weighted by Gasteiger charge is -2.11. The smallest absolute Gasteiger partial charge is 0.303 e. The van der Waals surface area contributed by atoms with E-state index in [4.69, 9.17) is 14.4 Å². The van der Waals surface area contributed by atoms with Gasteiger partial charge in [-0.2, -0.15) is 0 Å². The summed E-state index contributed by atoms with van der Waals surface area (Å²) in [6.07, 6.45) is 1.22. The highest BCUT2D eigenvalue weighted by Crippen LogP contribution is 2.06. The number of aromatic nitrogens is 1. The monoisotopic (exact) mass is 270 g/mol. The maximum absolute atomic E-state index is 11.8. The number of carbonyl (C=O) groups is 2. The van der Waals surface area contributed by atoms with Crippen molar-refractivity contribution >= 4 is 11.9 Å². The Kier molecular flexibility index (Phi) is 6.01. The molecular formula is C12H18N2O5. The Labute approximate surface area is 110 Å². The number of nitrogens with one attached hydrogen (secondary N) is 1. The molecule has 0 spiro atoms. The van der Waals surface area contributed by atoms with Crippen LogP contribution < -0.4 is 5.32 Å². The number of hydrogen-bond donors (Lipinski definition) is 2. The molecule has 19 heavy (non-hydrogen) atoms. The van der Waals surface area contributed by atoms with Crippen LogP contribution in [-0.4, -0.2) is 35.3 Å². The molecule has 0 fully saturated rings. The molecule has 1 rings (SSSR count). The Morgan fingerprint density at radius 1 is 1.58 bits per heavy atom. The number of nitrogens with zero attached hydrogens (tertiary/aromatic N) is 1. The molecule has 0 saturated heterocycles. The Bertz CT molecular complexity index is 430. The second kappa shape index (κ2) is 7.52. The van der Waals surface area contributed by atoms with E-state index >= 15 is 0 Å². The van der Waals surface area contributed by atoms with Gasteiger partial charge in [-0.15, -0.1) is 0 Å². The largest absolute Gasteiger partial charge is 0.481 e. The van der Waals surface area contributed by atoms with Gasteiger partial charge in [0.25, 0.3) is 5.91 Å². The maximum atomic E-state index is 11.8. The van der Waals surface area contributed by atoms with Crippen LogP contribution in [-0.2, 0) is 16.1 Å². The van der Waals surface area contributed by atoms with Crippen LogP contribution in [0.5, 0.6) is 0 Å². The molecule has 0 aliphatic heterocycles. The zero-order valence-corrected chi connectivity index (χ0v) is 11.0. The molecule has 2 N–H and O–H groups in total. The summed E-state index contributed by atoms with van der Waals surface area (Å²) in [6, 6.07) is 1.40. The molecule has 1 heterocycles. The molecule has 0 radical (unpaired) electrons. The summed E-state index contributed by atoms with van der Waals surface area (Å²) in [5.41, 5.74) is 0.192. The average molecular weight is 270 g/mol. The second-order valence-corrected chi connectivity index (χ2v) is 4.27. The van der Waals surface area contributed by atoms with Gasteiger partial charge < -0.3 is 19.7 Å². The summed E-state index contributed by atoms with van der Waals surface area (Å²) < 4.78 is 9.76. The lowest BCUT2D eigenvalue weighted by atomic mass is 10.1. The summed E-state index contributed by atoms with van der Waals surface area (Å²) in [6.45, 7) is 2.07. The van der Waals surface area contributed by atoms with Crippen molar-refractivity contribution in [3.05, 3.63) is 17.5 Å². The molecule has 0 saturated carbocycles. The Morgan fingerprint density at radius 3 is 2.95 bits per heavy atom. The minimum absolute atomic E-state index is 0.0994. The number of ether oxygens (including phenoxy) is 1. The number of amides is 1. The molecule has 1 unspecified atom stereocenters. The molecule has 1 atom stereocenters. The Hall–Kier alpha value is -1.89. The third-order valence-electron chi connectivity index (χ3n) is 2.48. The number of carboxylic acids is 1. The van der Waals surface area contributed by atoms with Gasteiger partial charge in [0, 0.05) is 25.6 Å². The van der Waals surface area contributed by atoms with Crippen LogP contribution in [0.3, 0.4) is 0 Å². The van der Waals surface area contributed by atoms with Gasteiger partial charge in [0.15, 0.2) is 11.5 Å². The Morgan fingerprint density at radius 2 is 2.32 bits per heavy atom. The Balaban J connectivity index is 2.38. The van der Waals surface area contributed by atoms with Crippen LogP contribution in [0.15, 0.2) is 10.6 Å². The summed E-state index contributed by atoms with van der Waals surface area (Å²) in [4.78, 5) is 22.1. The lowest BCUT2D eigenvalue weighted by Crippen LogP contribution is -2.32. The van der Waals surface area contributed by atoms with Gasteiger partial charge in [-0.3, -0.25) is 9.59 Å². The fourth-order valence-electron chi connectivity index (χ4n) is 1.56. The minimum Gasteiger partial charge on any atom is -0.481 e. The number of carbonyl (C=O) groups excluding carboxylic acids is 1. The van der Waals surface area contributed by atoms with Crippen molar-refractivity contribution in [2.24, 2.45) is 0 Å². The fraction of sp³-hybridized carbons (Fsp3) is 0.583.